The molecule has 9 nitrogen and oxygen atoms in total. The Morgan fingerprint density at radius 3 is 2.48 bits per heavy atom. The summed E-state index contributed by atoms with van der Waals surface area (Å²) >= 11 is 6.16. The summed E-state index contributed by atoms with van der Waals surface area (Å²) in [6.45, 7) is 3.17. The first-order valence-corrected chi connectivity index (χ1v) is 10.7. The molecule has 0 bridgehead atoms. The summed E-state index contributed by atoms with van der Waals surface area (Å²) in [6, 6.07) is 7.47. The summed E-state index contributed by atoms with van der Waals surface area (Å²) in [5.74, 6) is -0.626. The van der Waals surface area contributed by atoms with Gasteiger partial charge in [0.25, 0.3) is 5.91 Å². The molecule has 3 rings (SSSR count). The molecule has 29 heavy (non-hydrogen) atoms. The fraction of sp³-hybridized carbons (Fsp3) is 0.333. The van der Waals surface area contributed by atoms with Crippen LogP contribution in [0.1, 0.15) is 11.3 Å². The van der Waals surface area contributed by atoms with E-state index in [0.717, 1.165) is 11.3 Å². The number of benzene rings is 1. The Balaban J connectivity index is 1.78. The van der Waals surface area contributed by atoms with E-state index in [1.165, 1.54) is 15.1 Å². The van der Waals surface area contributed by atoms with Crippen LogP contribution in [-0.4, -0.2) is 59.8 Å². The SMILES string of the molecule is Cc1nn(C)c(Cl)c1S(=O)(=O)N1CCN(c2ccccc2/C=C/C(=O)NO)CC1. The number of aryl methyl sites for hydroxylation is 2. The van der Waals surface area contributed by atoms with E-state index in [4.69, 9.17) is 16.8 Å². The smallest absolute Gasteiger partial charge is 0.267 e. The van der Waals surface area contributed by atoms with Crippen LogP contribution in [0.15, 0.2) is 35.2 Å². The quantitative estimate of drug-likeness (QED) is 0.414. The van der Waals surface area contributed by atoms with E-state index in [-0.39, 0.29) is 10.0 Å². The molecule has 1 aromatic heterocycles. The Morgan fingerprint density at radius 1 is 1.24 bits per heavy atom. The van der Waals surface area contributed by atoms with Gasteiger partial charge in [0.2, 0.25) is 10.0 Å². The number of halogens is 1. The first-order valence-electron chi connectivity index (χ1n) is 8.91. The largest absolute Gasteiger partial charge is 0.368 e. The number of hydrogen-bond donors (Lipinski definition) is 2. The van der Waals surface area contributed by atoms with Crippen LogP contribution >= 0.6 is 11.6 Å². The lowest BCUT2D eigenvalue weighted by Crippen LogP contribution is -2.49. The van der Waals surface area contributed by atoms with Crippen LogP contribution in [0.3, 0.4) is 0 Å². The molecule has 1 amide bonds. The molecule has 1 aliphatic heterocycles. The Labute approximate surface area is 174 Å². The number of hydroxylamine groups is 1. The third-order valence-electron chi connectivity index (χ3n) is 4.74. The number of sulfonamides is 1. The summed E-state index contributed by atoms with van der Waals surface area (Å²) in [7, 11) is -2.14. The Kier molecular flexibility index (Phi) is 6.27. The van der Waals surface area contributed by atoms with Crippen molar-refractivity contribution in [1.29, 1.82) is 0 Å². The van der Waals surface area contributed by atoms with Crippen LogP contribution in [0.5, 0.6) is 0 Å². The molecule has 1 saturated heterocycles. The maximum Gasteiger partial charge on any atom is 0.267 e. The molecule has 0 unspecified atom stereocenters. The minimum Gasteiger partial charge on any atom is -0.368 e. The zero-order valence-electron chi connectivity index (χ0n) is 16.0. The molecule has 1 aromatic carbocycles. The van der Waals surface area contributed by atoms with Gasteiger partial charge in [-0.25, -0.2) is 13.9 Å². The van der Waals surface area contributed by atoms with Crippen molar-refractivity contribution < 1.29 is 18.4 Å². The summed E-state index contributed by atoms with van der Waals surface area (Å²) in [5.41, 5.74) is 3.59. The predicted octanol–water partition coefficient (Wildman–Crippen LogP) is 1.41. The number of carbonyl (C=O) groups is 1. The third kappa shape index (κ3) is 4.30. The molecular weight excluding hydrogens is 418 g/mol. The number of para-hydroxylation sites is 1. The lowest BCUT2D eigenvalue weighted by atomic mass is 10.1. The molecule has 0 aliphatic carbocycles. The Morgan fingerprint density at radius 2 is 1.90 bits per heavy atom. The predicted molar refractivity (Wildman–Crippen MR) is 109 cm³/mol. The summed E-state index contributed by atoms with van der Waals surface area (Å²) in [6.07, 6.45) is 2.83. The van der Waals surface area contributed by atoms with Gasteiger partial charge in [0.15, 0.2) is 0 Å². The Bertz CT molecular complexity index is 1040. The number of nitrogens with zero attached hydrogens (tertiary/aromatic N) is 4. The van der Waals surface area contributed by atoms with Gasteiger partial charge in [0.1, 0.15) is 10.0 Å². The third-order valence-corrected chi connectivity index (χ3v) is 7.33. The standard InChI is InChI=1S/C18H22ClN5O4S/c1-13-17(18(19)22(2)20-13)29(27,28)24-11-9-23(10-12-24)15-6-4-3-5-14(15)7-8-16(25)21-26/h3-8,26H,9-12H2,1-2H3,(H,21,25)/b8-7+. The van der Waals surface area contributed by atoms with Crippen LogP contribution in [0, 0.1) is 6.92 Å². The van der Waals surface area contributed by atoms with Crippen molar-refractivity contribution in [1.82, 2.24) is 19.6 Å². The van der Waals surface area contributed by atoms with E-state index in [0.29, 0.717) is 31.9 Å². The molecule has 2 heterocycles. The number of anilines is 1. The highest BCUT2D eigenvalue weighted by Crippen LogP contribution is 2.29. The average Bonchev–Trinajstić information content (AvgIpc) is 2.98. The van der Waals surface area contributed by atoms with E-state index >= 15 is 0 Å². The molecular formula is C18H22ClN5O4S. The maximum atomic E-state index is 13.1. The molecule has 2 aromatic rings. The highest BCUT2D eigenvalue weighted by Gasteiger charge is 2.33. The van der Waals surface area contributed by atoms with Gasteiger partial charge < -0.3 is 4.90 Å². The molecule has 0 radical (unpaired) electrons. The fourth-order valence-electron chi connectivity index (χ4n) is 3.32. The zero-order valence-corrected chi connectivity index (χ0v) is 17.6. The van der Waals surface area contributed by atoms with Gasteiger partial charge in [-0.15, -0.1) is 0 Å². The van der Waals surface area contributed by atoms with Gasteiger partial charge in [0.05, 0.1) is 5.69 Å². The number of aromatic nitrogens is 2. The molecule has 11 heteroatoms. The average molecular weight is 440 g/mol. The molecule has 156 valence electrons. The van der Waals surface area contributed by atoms with Crippen LogP contribution in [0.25, 0.3) is 6.08 Å². The van der Waals surface area contributed by atoms with Gasteiger partial charge >= 0.3 is 0 Å². The van der Waals surface area contributed by atoms with Gasteiger partial charge in [-0.05, 0) is 24.6 Å². The highest BCUT2D eigenvalue weighted by molar-refractivity contribution is 7.89. The number of carbonyl (C=O) groups excluding carboxylic acids is 1. The van der Waals surface area contributed by atoms with Crippen molar-refractivity contribution in [3.63, 3.8) is 0 Å². The number of nitrogens with one attached hydrogen (secondary N) is 1. The fourth-order valence-corrected chi connectivity index (χ4v) is 5.45. The molecule has 0 atom stereocenters. The van der Waals surface area contributed by atoms with Gasteiger partial charge in [-0.2, -0.15) is 9.40 Å². The molecule has 2 N–H and O–H groups in total. The number of hydrogen-bond acceptors (Lipinski definition) is 6. The Hall–Kier alpha value is -2.40. The molecule has 0 spiro atoms. The number of piperazine rings is 1. The normalized spacial score (nSPS) is 15.8. The van der Waals surface area contributed by atoms with E-state index in [1.54, 1.807) is 25.5 Å². The first kappa shape index (κ1) is 21.3. The van der Waals surface area contributed by atoms with Crippen molar-refractivity contribution in [2.75, 3.05) is 31.1 Å². The summed E-state index contributed by atoms with van der Waals surface area (Å²) in [4.78, 5) is 13.4. The maximum absolute atomic E-state index is 13.1. The van der Waals surface area contributed by atoms with Crippen molar-refractivity contribution in [3.05, 3.63) is 46.8 Å². The van der Waals surface area contributed by atoms with E-state index in [2.05, 4.69) is 10.00 Å². The molecule has 1 fully saturated rings. The van der Waals surface area contributed by atoms with Crippen LogP contribution in [-0.2, 0) is 21.9 Å². The van der Waals surface area contributed by atoms with Crippen molar-refractivity contribution >= 4 is 39.3 Å². The second kappa shape index (κ2) is 8.54. The van der Waals surface area contributed by atoms with Gasteiger partial charge in [0, 0.05) is 45.0 Å². The van der Waals surface area contributed by atoms with E-state index < -0.39 is 15.9 Å². The zero-order chi connectivity index (χ0) is 21.2. The monoisotopic (exact) mass is 439 g/mol. The van der Waals surface area contributed by atoms with Gasteiger partial charge in [-0.3, -0.25) is 14.7 Å². The summed E-state index contributed by atoms with van der Waals surface area (Å²) < 4.78 is 28.9. The lowest BCUT2D eigenvalue weighted by Gasteiger charge is -2.36. The van der Waals surface area contributed by atoms with Crippen molar-refractivity contribution in [2.24, 2.45) is 7.05 Å². The topological polar surface area (TPSA) is 108 Å². The van der Waals surface area contributed by atoms with E-state index in [1.807, 2.05) is 24.3 Å². The minimum absolute atomic E-state index is 0.0495. The van der Waals surface area contributed by atoms with E-state index in [9.17, 15) is 13.2 Å². The number of amides is 1. The second-order valence-corrected chi connectivity index (χ2v) is 8.82. The molecule has 1 aliphatic rings. The van der Waals surface area contributed by atoms with Crippen molar-refractivity contribution in [3.8, 4) is 0 Å². The van der Waals surface area contributed by atoms with Crippen LogP contribution in [0.4, 0.5) is 5.69 Å². The second-order valence-electron chi connectivity index (χ2n) is 6.59. The number of rotatable bonds is 5. The summed E-state index contributed by atoms with van der Waals surface area (Å²) in [5, 5.41) is 12.8. The minimum atomic E-state index is -3.75. The van der Waals surface area contributed by atoms with Crippen LogP contribution in [0.2, 0.25) is 5.15 Å². The first-order chi connectivity index (χ1) is 13.8. The highest BCUT2D eigenvalue weighted by atomic mass is 35.5. The van der Waals surface area contributed by atoms with Gasteiger partial charge in [-0.1, -0.05) is 29.8 Å². The van der Waals surface area contributed by atoms with Crippen molar-refractivity contribution in [2.45, 2.75) is 11.8 Å². The van der Waals surface area contributed by atoms with Crippen LogP contribution < -0.4 is 10.4 Å². The lowest BCUT2D eigenvalue weighted by molar-refractivity contribution is -0.124. The molecule has 0 saturated carbocycles.